The average molecular weight is 332 g/mol. The molecule has 0 spiro atoms. The zero-order valence-corrected chi connectivity index (χ0v) is 13.9. The van der Waals surface area contributed by atoms with Gasteiger partial charge in [-0.1, -0.05) is 36.4 Å². The Morgan fingerprint density at radius 1 is 0.720 bits per heavy atom. The smallest absolute Gasteiger partial charge is 0.230 e. The highest BCUT2D eigenvalue weighted by molar-refractivity contribution is 5.90. The summed E-state index contributed by atoms with van der Waals surface area (Å²) in [4.78, 5) is 8.61. The molecular weight excluding hydrogens is 316 g/mol. The molecule has 0 aliphatic heterocycles. The van der Waals surface area contributed by atoms with Crippen LogP contribution in [-0.4, -0.2) is 24.2 Å². The maximum Gasteiger partial charge on any atom is 0.230 e. The van der Waals surface area contributed by atoms with Crippen molar-refractivity contribution in [3.8, 4) is 23.1 Å². The average Bonchev–Trinajstić information content (AvgIpc) is 2.67. The zero-order valence-electron chi connectivity index (χ0n) is 13.9. The van der Waals surface area contributed by atoms with E-state index in [-0.39, 0.29) is 0 Å². The monoisotopic (exact) mass is 332 g/mol. The van der Waals surface area contributed by atoms with Crippen LogP contribution in [0.2, 0.25) is 0 Å². The molecule has 25 heavy (non-hydrogen) atoms. The molecule has 0 amide bonds. The number of hydrogen-bond acceptors (Lipinski definition) is 5. The van der Waals surface area contributed by atoms with Crippen LogP contribution in [-0.2, 0) is 0 Å². The Labute approximate surface area is 144 Å². The number of nitrogens with zero attached hydrogens (tertiary/aromatic N) is 2. The third kappa shape index (κ3) is 2.70. The maximum atomic E-state index is 6.13. The molecule has 0 saturated heterocycles. The number of benzene rings is 3. The predicted molar refractivity (Wildman–Crippen MR) is 96.7 cm³/mol. The molecule has 5 heteroatoms. The zero-order chi connectivity index (χ0) is 17.2. The first-order valence-corrected chi connectivity index (χ1v) is 7.82. The van der Waals surface area contributed by atoms with Gasteiger partial charge in [-0.25, -0.2) is 9.97 Å². The molecular formula is C20H16N2O3. The molecule has 124 valence electrons. The highest BCUT2D eigenvalue weighted by atomic mass is 16.5. The van der Waals surface area contributed by atoms with E-state index in [9.17, 15) is 0 Å². The van der Waals surface area contributed by atoms with Crippen molar-refractivity contribution in [3.05, 3.63) is 60.9 Å². The first-order chi connectivity index (χ1) is 12.3. The first kappa shape index (κ1) is 15.2. The summed E-state index contributed by atoms with van der Waals surface area (Å²) >= 11 is 0. The molecule has 5 nitrogen and oxygen atoms in total. The largest absolute Gasteiger partial charge is 0.493 e. The summed E-state index contributed by atoms with van der Waals surface area (Å²) in [6.07, 6.45) is 1.48. The lowest BCUT2D eigenvalue weighted by Crippen LogP contribution is -1.95. The molecule has 0 radical (unpaired) electrons. The standard InChI is InChI=1S/C20H16N2O3/c1-23-18-10-15-16(11-19(18)24-2)21-12-22-20(15)25-17-9-5-7-13-6-3-4-8-14(13)17/h3-12H,1-2H3. The summed E-state index contributed by atoms with van der Waals surface area (Å²) in [7, 11) is 3.19. The van der Waals surface area contributed by atoms with Gasteiger partial charge in [-0.2, -0.15) is 0 Å². The Balaban J connectivity index is 1.86. The lowest BCUT2D eigenvalue weighted by Gasteiger charge is -2.12. The number of rotatable bonds is 4. The fraction of sp³-hybridized carbons (Fsp3) is 0.100. The first-order valence-electron chi connectivity index (χ1n) is 7.82. The van der Waals surface area contributed by atoms with Crippen LogP contribution in [0.25, 0.3) is 21.7 Å². The normalized spacial score (nSPS) is 10.8. The van der Waals surface area contributed by atoms with Crippen molar-refractivity contribution in [2.24, 2.45) is 0 Å². The van der Waals surface area contributed by atoms with Crippen molar-refractivity contribution < 1.29 is 14.2 Å². The lowest BCUT2D eigenvalue weighted by atomic mass is 10.1. The van der Waals surface area contributed by atoms with E-state index in [2.05, 4.69) is 9.97 Å². The summed E-state index contributed by atoms with van der Waals surface area (Å²) in [5.41, 5.74) is 0.725. The van der Waals surface area contributed by atoms with Gasteiger partial charge in [-0.3, -0.25) is 0 Å². The van der Waals surface area contributed by atoms with Gasteiger partial charge >= 0.3 is 0 Å². The van der Waals surface area contributed by atoms with Gasteiger partial charge in [0.15, 0.2) is 11.5 Å². The van der Waals surface area contributed by atoms with Crippen LogP contribution in [0.4, 0.5) is 0 Å². The van der Waals surface area contributed by atoms with Gasteiger partial charge in [0, 0.05) is 11.5 Å². The van der Waals surface area contributed by atoms with E-state index < -0.39 is 0 Å². The van der Waals surface area contributed by atoms with Gasteiger partial charge < -0.3 is 14.2 Å². The minimum absolute atomic E-state index is 0.474. The van der Waals surface area contributed by atoms with E-state index in [1.54, 1.807) is 14.2 Å². The number of methoxy groups -OCH3 is 2. The highest BCUT2D eigenvalue weighted by Gasteiger charge is 2.13. The Kier molecular flexibility index (Phi) is 3.82. The number of hydrogen-bond donors (Lipinski definition) is 0. The van der Waals surface area contributed by atoms with E-state index >= 15 is 0 Å². The summed E-state index contributed by atoms with van der Waals surface area (Å²) in [6, 6.07) is 17.6. The highest BCUT2D eigenvalue weighted by Crippen LogP contribution is 2.37. The van der Waals surface area contributed by atoms with Crippen LogP contribution in [0.5, 0.6) is 23.1 Å². The number of aromatic nitrogens is 2. The molecule has 0 bridgehead atoms. The van der Waals surface area contributed by atoms with Gasteiger partial charge in [0.1, 0.15) is 12.1 Å². The molecule has 4 aromatic rings. The molecule has 0 N–H and O–H groups in total. The summed E-state index contributed by atoms with van der Waals surface area (Å²) < 4.78 is 16.8. The molecule has 0 fully saturated rings. The molecule has 1 heterocycles. The van der Waals surface area contributed by atoms with E-state index in [0.717, 1.165) is 27.4 Å². The van der Waals surface area contributed by atoms with Crippen LogP contribution in [0.3, 0.4) is 0 Å². The second kappa shape index (κ2) is 6.28. The van der Waals surface area contributed by atoms with Crippen LogP contribution >= 0.6 is 0 Å². The van der Waals surface area contributed by atoms with Gasteiger partial charge in [0.25, 0.3) is 0 Å². The third-order valence-corrected chi connectivity index (χ3v) is 4.06. The molecule has 4 rings (SSSR count). The van der Waals surface area contributed by atoms with Crippen LogP contribution in [0.15, 0.2) is 60.9 Å². The third-order valence-electron chi connectivity index (χ3n) is 4.06. The summed E-state index contributed by atoms with van der Waals surface area (Å²) in [5, 5.41) is 2.89. The Morgan fingerprint density at radius 3 is 2.32 bits per heavy atom. The number of fused-ring (bicyclic) bond motifs is 2. The Bertz CT molecular complexity index is 1060. The lowest BCUT2D eigenvalue weighted by molar-refractivity contribution is 0.355. The molecule has 0 aliphatic carbocycles. The summed E-state index contributed by atoms with van der Waals surface area (Å²) in [6.45, 7) is 0. The van der Waals surface area contributed by atoms with Crippen molar-refractivity contribution >= 4 is 21.7 Å². The second-order valence-corrected chi connectivity index (χ2v) is 5.48. The maximum absolute atomic E-state index is 6.13. The second-order valence-electron chi connectivity index (χ2n) is 5.48. The van der Waals surface area contributed by atoms with Crippen LogP contribution in [0.1, 0.15) is 0 Å². The predicted octanol–water partition coefficient (Wildman–Crippen LogP) is 4.59. The van der Waals surface area contributed by atoms with Crippen molar-refractivity contribution in [2.75, 3.05) is 14.2 Å². The molecule has 0 saturated carbocycles. The van der Waals surface area contributed by atoms with Crippen molar-refractivity contribution in [1.29, 1.82) is 0 Å². The minimum atomic E-state index is 0.474. The van der Waals surface area contributed by atoms with Crippen molar-refractivity contribution in [3.63, 3.8) is 0 Å². The van der Waals surface area contributed by atoms with Gasteiger partial charge in [0.05, 0.1) is 25.1 Å². The van der Waals surface area contributed by atoms with E-state index in [4.69, 9.17) is 14.2 Å². The topological polar surface area (TPSA) is 53.5 Å². The molecule has 0 atom stereocenters. The van der Waals surface area contributed by atoms with E-state index in [1.807, 2.05) is 54.6 Å². The molecule has 1 aromatic heterocycles. The van der Waals surface area contributed by atoms with Gasteiger partial charge in [-0.15, -0.1) is 0 Å². The molecule has 0 unspecified atom stereocenters. The quantitative estimate of drug-likeness (QED) is 0.547. The summed E-state index contributed by atoms with van der Waals surface area (Å²) in [5.74, 6) is 2.44. The SMILES string of the molecule is COc1cc2ncnc(Oc3cccc4ccccc34)c2cc1OC. The Morgan fingerprint density at radius 2 is 1.48 bits per heavy atom. The molecule has 3 aromatic carbocycles. The van der Waals surface area contributed by atoms with Crippen molar-refractivity contribution in [1.82, 2.24) is 9.97 Å². The fourth-order valence-electron chi connectivity index (χ4n) is 2.83. The van der Waals surface area contributed by atoms with Crippen molar-refractivity contribution in [2.45, 2.75) is 0 Å². The molecule has 0 aliphatic rings. The minimum Gasteiger partial charge on any atom is -0.493 e. The van der Waals surface area contributed by atoms with E-state index in [0.29, 0.717) is 17.4 Å². The number of ether oxygens (including phenoxy) is 3. The fourth-order valence-corrected chi connectivity index (χ4v) is 2.83. The van der Waals surface area contributed by atoms with Crippen LogP contribution < -0.4 is 14.2 Å². The van der Waals surface area contributed by atoms with Gasteiger partial charge in [0.2, 0.25) is 5.88 Å². The van der Waals surface area contributed by atoms with Crippen LogP contribution in [0, 0.1) is 0 Å². The Hall–Kier alpha value is -3.34. The van der Waals surface area contributed by atoms with E-state index in [1.165, 1.54) is 6.33 Å². The van der Waals surface area contributed by atoms with Gasteiger partial charge in [-0.05, 0) is 17.5 Å².